The molecule has 0 rings (SSSR count). The van der Waals surface area contributed by atoms with Crippen molar-refractivity contribution in [2.45, 2.75) is 17.0 Å². The number of carbonyl (C=O) groups excluding carboxylic acids is 1. The average Bonchev–Trinajstić information content (AvgIpc) is 1.87. The summed E-state index contributed by atoms with van der Waals surface area (Å²) in [6.45, 7) is 2.55. The van der Waals surface area contributed by atoms with Crippen LogP contribution in [-0.2, 0) is 14.6 Å². The number of halogens is 2. The summed E-state index contributed by atoms with van der Waals surface area (Å²) in [5, 5.41) is 0. The molecule has 0 aliphatic carbocycles. The minimum Gasteiger partial charge on any atom is -0.296 e. The Balaban J connectivity index is 5.01. The zero-order valence-electron chi connectivity index (χ0n) is 6.10. The van der Waals surface area contributed by atoms with E-state index in [1.54, 1.807) is 0 Å². The molecule has 1 atom stereocenters. The maximum Gasteiger partial charge on any atom is 0.256 e. The van der Waals surface area contributed by atoms with Gasteiger partial charge < -0.3 is 0 Å². The van der Waals surface area contributed by atoms with Gasteiger partial charge in [0.05, 0.1) is 5.75 Å². The molecule has 0 aromatic carbocycles. The van der Waals surface area contributed by atoms with Crippen LogP contribution in [0.15, 0.2) is 0 Å². The fourth-order valence-corrected chi connectivity index (χ4v) is 2.21. The SMILES string of the molecule is CCS(=O)(=O)[C@@](Cl)(Br)C(C)=O. The lowest BCUT2D eigenvalue weighted by Gasteiger charge is -2.14. The molecule has 0 aliphatic heterocycles. The Morgan fingerprint density at radius 3 is 2.09 bits per heavy atom. The molecule has 0 heterocycles. The molecule has 0 radical (unpaired) electrons. The zero-order chi connectivity index (χ0) is 9.28. The first-order chi connectivity index (χ1) is 4.75. The highest BCUT2D eigenvalue weighted by atomic mass is 79.9. The number of rotatable bonds is 3. The van der Waals surface area contributed by atoms with Crippen LogP contribution in [0.4, 0.5) is 0 Å². The van der Waals surface area contributed by atoms with Crippen LogP contribution in [-0.4, -0.2) is 23.1 Å². The highest BCUT2D eigenvalue weighted by molar-refractivity contribution is 9.12. The molecule has 3 nitrogen and oxygen atoms in total. The molecule has 0 N–H and O–H groups in total. The Morgan fingerprint density at radius 2 is 2.00 bits per heavy atom. The number of Topliss-reactive ketones (excluding diaryl/α,β-unsaturated/α-hetero) is 1. The predicted octanol–water partition coefficient (Wildman–Crippen LogP) is 1.30. The molecular formula is C5H8BrClO3S. The molecule has 0 fully saturated rings. The third-order valence-electron chi connectivity index (χ3n) is 1.18. The van der Waals surface area contributed by atoms with E-state index in [0.29, 0.717) is 0 Å². The number of alkyl halides is 2. The fraction of sp³-hybridized carbons (Fsp3) is 0.800. The summed E-state index contributed by atoms with van der Waals surface area (Å²) in [5.74, 6) is -0.789. The Hall–Kier alpha value is 0.390. The molecule has 11 heavy (non-hydrogen) atoms. The van der Waals surface area contributed by atoms with E-state index in [4.69, 9.17) is 11.6 Å². The van der Waals surface area contributed by atoms with Gasteiger partial charge in [0.15, 0.2) is 15.6 Å². The Kier molecular flexibility index (Phi) is 3.53. The normalized spacial score (nSPS) is 17.5. The second-order valence-electron chi connectivity index (χ2n) is 1.98. The maximum atomic E-state index is 11.1. The Morgan fingerprint density at radius 1 is 1.64 bits per heavy atom. The van der Waals surface area contributed by atoms with Crippen molar-refractivity contribution < 1.29 is 13.2 Å². The van der Waals surface area contributed by atoms with Crippen molar-refractivity contribution >= 4 is 43.2 Å². The van der Waals surface area contributed by atoms with Crippen LogP contribution in [0.1, 0.15) is 13.8 Å². The van der Waals surface area contributed by atoms with E-state index in [0.717, 1.165) is 6.92 Å². The van der Waals surface area contributed by atoms with Crippen molar-refractivity contribution in [2.24, 2.45) is 0 Å². The third kappa shape index (κ3) is 2.16. The maximum absolute atomic E-state index is 11.1. The number of carbonyl (C=O) groups is 1. The first kappa shape index (κ1) is 11.4. The van der Waals surface area contributed by atoms with Crippen LogP contribution in [0.3, 0.4) is 0 Å². The smallest absolute Gasteiger partial charge is 0.256 e. The van der Waals surface area contributed by atoms with Gasteiger partial charge in [-0.2, -0.15) is 0 Å². The molecule has 0 spiro atoms. The van der Waals surface area contributed by atoms with Crippen LogP contribution >= 0.6 is 27.5 Å². The van der Waals surface area contributed by atoms with Crippen molar-refractivity contribution in [3.8, 4) is 0 Å². The molecule has 66 valence electrons. The number of hydrogen-bond acceptors (Lipinski definition) is 3. The van der Waals surface area contributed by atoms with Crippen LogP contribution < -0.4 is 0 Å². The van der Waals surface area contributed by atoms with Crippen molar-refractivity contribution in [2.75, 3.05) is 5.75 Å². The van der Waals surface area contributed by atoms with Gasteiger partial charge in [-0.1, -0.05) is 18.5 Å². The van der Waals surface area contributed by atoms with E-state index in [1.807, 2.05) is 0 Å². The van der Waals surface area contributed by atoms with Crippen LogP contribution in [0, 0.1) is 0 Å². The Bertz CT molecular complexity index is 257. The largest absolute Gasteiger partial charge is 0.296 e. The van der Waals surface area contributed by atoms with Gasteiger partial charge in [0.25, 0.3) is 3.12 Å². The van der Waals surface area contributed by atoms with Crippen molar-refractivity contribution in [3.05, 3.63) is 0 Å². The van der Waals surface area contributed by atoms with Gasteiger partial charge in [0.1, 0.15) is 0 Å². The van der Waals surface area contributed by atoms with Gasteiger partial charge in [0, 0.05) is 0 Å². The molecule has 6 heteroatoms. The van der Waals surface area contributed by atoms with E-state index in [-0.39, 0.29) is 5.75 Å². The van der Waals surface area contributed by atoms with Crippen molar-refractivity contribution in [3.63, 3.8) is 0 Å². The zero-order valence-corrected chi connectivity index (χ0v) is 9.25. The molecule has 0 saturated heterocycles. The summed E-state index contributed by atoms with van der Waals surface area (Å²) in [6, 6.07) is 0. The van der Waals surface area contributed by atoms with Gasteiger partial charge >= 0.3 is 0 Å². The summed E-state index contributed by atoms with van der Waals surface area (Å²) < 4.78 is 20.2. The Labute approximate surface area is 79.2 Å². The van der Waals surface area contributed by atoms with E-state index in [9.17, 15) is 13.2 Å². The number of ketones is 1. The molecule has 0 saturated carbocycles. The topological polar surface area (TPSA) is 51.2 Å². The van der Waals surface area contributed by atoms with Crippen molar-refractivity contribution in [1.82, 2.24) is 0 Å². The summed E-state index contributed by atoms with van der Waals surface area (Å²) in [5.41, 5.74) is 0. The summed E-state index contributed by atoms with van der Waals surface area (Å²) >= 11 is 8.10. The first-order valence-corrected chi connectivity index (χ1v) is 5.69. The molecule has 0 aromatic rings. The number of sulfone groups is 1. The number of hydrogen-bond donors (Lipinski definition) is 0. The minimum absolute atomic E-state index is 0.165. The highest BCUT2D eigenvalue weighted by Gasteiger charge is 2.42. The lowest BCUT2D eigenvalue weighted by molar-refractivity contribution is -0.115. The molecule has 0 aromatic heterocycles. The van der Waals surface area contributed by atoms with Gasteiger partial charge in [-0.15, -0.1) is 0 Å². The lowest BCUT2D eigenvalue weighted by Crippen LogP contribution is -2.34. The highest BCUT2D eigenvalue weighted by Crippen LogP contribution is 2.31. The summed E-state index contributed by atoms with van der Waals surface area (Å²) in [6.07, 6.45) is 0. The third-order valence-corrected chi connectivity index (χ3v) is 6.02. The van der Waals surface area contributed by atoms with Gasteiger partial charge in [0.2, 0.25) is 0 Å². The molecule has 0 amide bonds. The molecule has 0 aliphatic rings. The quantitative estimate of drug-likeness (QED) is 0.721. The van der Waals surface area contributed by atoms with E-state index < -0.39 is 18.7 Å². The monoisotopic (exact) mass is 262 g/mol. The fourth-order valence-electron chi connectivity index (χ4n) is 0.400. The predicted molar refractivity (Wildman–Crippen MR) is 47.7 cm³/mol. The van der Waals surface area contributed by atoms with Gasteiger partial charge in [-0.3, -0.25) is 4.79 Å². The van der Waals surface area contributed by atoms with Gasteiger partial charge in [-0.05, 0) is 22.9 Å². The molecule has 0 bridgehead atoms. The molecule has 0 unspecified atom stereocenters. The van der Waals surface area contributed by atoms with Crippen LogP contribution in [0.5, 0.6) is 0 Å². The summed E-state index contributed by atoms with van der Waals surface area (Å²) in [4.78, 5) is 10.7. The first-order valence-electron chi connectivity index (χ1n) is 2.87. The second kappa shape index (κ2) is 3.41. The van der Waals surface area contributed by atoms with E-state index >= 15 is 0 Å². The van der Waals surface area contributed by atoms with Gasteiger partial charge in [-0.25, -0.2) is 8.42 Å². The average molecular weight is 264 g/mol. The minimum atomic E-state index is -3.56. The van der Waals surface area contributed by atoms with Crippen LogP contribution in [0.25, 0.3) is 0 Å². The van der Waals surface area contributed by atoms with E-state index in [1.165, 1.54) is 6.92 Å². The van der Waals surface area contributed by atoms with Crippen LogP contribution in [0.2, 0.25) is 0 Å². The molecular weight excluding hydrogens is 255 g/mol. The van der Waals surface area contributed by atoms with Crippen molar-refractivity contribution in [1.29, 1.82) is 0 Å². The second-order valence-corrected chi connectivity index (χ2v) is 7.36. The standard InChI is InChI=1S/C5H8BrClO3S/c1-3-11(9,10)5(6,7)4(2)8/h3H2,1-2H3/t5-/m1/s1. The lowest BCUT2D eigenvalue weighted by atomic mass is 10.5. The summed E-state index contributed by atoms with van der Waals surface area (Å²) in [7, 11) is -3.56. The van der Waals surface area contributed by atoms with E-state index in [2.05, 4.69) is 15.9 Å².